The van der Waals surface area contributed by atoms with Crippen LogP contribution in [-0.4, -0.2) is 24.2 Å². The van der Waals surface area contributed by atoms with E-state index in [-0.39, 0.29) is 17.9 Å². The molecule has 1 aliphatic rings. The van der Waals surface area contributed by atoms with Gasteiger partial charge in [0.15, 0.2) is 0 Å². The predicted octanol–water partition coefficient (Wildman–Crippen LogP) is 2.53. The van der Waals surface area contributed by atoms with Crippen LogP contribution in [0.4, 0.5) is 0 Å². The molecule has 0 aliphatic heterocycles. The molecule has 1 aromatic rings. The Hall–Kier alpha value is -1.35. The number of benzene rings is 1. The minimum atomic E-state index is -0.295. The summed E-state index contributed by atoms with van der Waals surface area (Å²) in [5.41, 5.74) is 0.897. The molecule has 1 fully saturated rings. The minimum Gasteiger partial charge on any atom is -0.396 e. The lowest BCUT2D eigenvalue weighted by Gasteiger charge is -2.29. The summed E-state index contributed by atoms with van der Waals surface area (Å²) in [7, 11) is 0. The second-order valence-corrected chi connectivity index (χ2v) is 6.41. The number of rotatable bonds is 7. The smallest absolute Gasteiger partial charge is 0.220 e. The first-order valence-corrected chi connectivity index (χ1v) is 7.53. The summed E-state index contributed by atoms with van der Waals surface area (Å²) >= 11 is 0. The normalized spacial score (nSPS) is 18.1. The zero-order valence-corrected chi connectivity index (χ0v) is 12.3. The molecule has 0 saturated heterocycles. The first-order chi connectivity index (χ1) is 9.61. The van der Waals surface area contributed by atoms with E-state index in [1.54, 1.807) is 0 Å². The summed E-state index contributed by atoms with van der Waals surface area (Å²) in [4.78, 5) is 11.9. The predicted molar refractivity (Wildman–Crippen MR) is 80.3 cm³/mol. The lowest BCUT2D eigenvalue weighted by Crippen LogP contribution is -2.40. The third kappa shape index (κ3) is 4.34. The number of carbonyl (C=O) groups excluding carboxylic acids is 1. The van der Waals surface area contributed by atoms with Crippen molar-refractivity contribution in [3.8, 4) is 0 Å². The van der Waals surface area contributed by atoms with E-state index >= 15 is 0 Å². The fraction of sp³-hybridized carbons (Fsp3) is 0.588. The number of hydrogen-bond donors (Lipinski definition) is 2. The van der Waals surface area contributed by atoms with Gasteiger partial charge in [-0.05, 0) is 30.7 Å². The van der Waals surface area contributed by atoms with E-state index in [9.17, 15) is 9.90 Å². The zero-order valence-electron chi connectivity index (χ0n) is 12.3. The lowest BCUT2D eigenvalue weighted by molar-refractivity contribution is -0.123. The molecule has 0 radical (unpaired) electrons. The number of nitrogens with one attached hydrogen (secondary N) is 1. The van der Waals surface area contributed by atoms with Gasteiger partial charge in [0.1, 0.15) is 0 Å². The largest absolute Gasteiger partial charge is 0.396 e. The summed E-state index contributed by atoms with van der Waals surface area (Å²) in [6.45, 7) is 2.62. The van der Waals surface area contributed by atoms with Gasteiger partial charge in [-0.15, -0.1) is 0 Å². The van der Waals surface area contributed by atoms with Crippen LogP contribution in [0.2, 0.25) is 0 Å². The average Bonchev–Trinajstić information content (AvgIpc) is 2.42. The zero-order chi connectivity index (χ0) is 14.4. The molecule has 1 saturated carbocycles. The fourth-order valence-electron chi connectivity index (χ4n) is 2.61. The SMILES string of the molecule is CC(CO)(CNC(=O)CC1CCC1)Cc1ccccc1. The van der Waals surface area contributed by atoms with E-state index in [0.717, 1.165) is 6.42 Å². The molecule has 0 heterocycles. The van der Waals surface area contributed by atoms with E-state index in [2.05, 4.69) is 17.4 Å². The average molecular weight is 275 g/mol. The van der Waals surface area contributed by atoms with Crippen molar-refractivity contribution in [2.75, 3.05) is 13.2 Å². The van der Waals surface area contributed by atoms with Crippen LogP contribution in [0.25, 0.3) is 0 Å². The highest BCUT2D eigenvalue weighted by atomic mass is 16.3. The number of aliphatic hydroxyl groups excluding tert-OH is 1. The third-order valence-electron chi connectivity index (χ3n) is 4.27. The van der Waals surface area contributed by atoms with Crippen LogP contribution in [0.3, 0.4) is 0 Å². The maximum atomic E-state index is 11.9. The molecule has 1 aliphatic carbocycles. The van der Waals surface area contributed by atoms with Gasteiger partial charge in [-0.1, -0.05) is 43.7 Å². The molecule has 0 aromatic heterocycles. The van der Waals surface area contributed by atoms with Crippen LogP contribution in [0.1, 0.15) is 38.2 Å². The van der Waals surface area contributed by atoms with Gasteiger partial charge in [0.25, 0.3) is 0 Å². The molecule has 2 N–H and O–H groups in total. The quantitative estimate of drug-likeness (QED) is 0.803. The molecule has 1 amide bonds. The van der Waals surface area contributed by atoms with E-state index in [4.69, 9.17) is 0 Å². The first-order valence-electron chi connectivity index (χ1n) is 7.53. The molecule has 20 heavy (non-hydrogen) atoms. The molecule has 3 heteroatoms. The van der Waals surface area contributed by atoms with Gasteiger partial charge in [-0.3, -0.25) is 4.79 Å². The highest BCUT2D eigenvalue weighted by molar-refractivity contribution is 5.76. The van der Waals surface area contributed by atoms with Gasteiger partial charge < -0.3 is 10.4 Å². The Kier molecular flexibility index (Phi) is 5.18. The van der Waals surface area contributed by atoms with Gasteiger partial charge in [-0.25, -0.2) is 0 Å². The van der Waals surface area contributed by atoms with Crippen molar-refractivity contribution in [3.05, 3.63) is 35.9 Å². The highest BCUT2D eigenvalue weighted by Gasteiger charge is 2.26. The Morgan fingerprint density at radius 2 is 2.05 bits per heavy atom. The Labute approximate surface area is 121 Å². The van der Waals surface area contributed by atoms with E-state index in [0.29, 0.717) is 18.9 Å². The van der Waals surface area contributed by atoms with Crippen molar-refractivity contribution in [2.24, 2.45) is 11.3 Å². The van der Waals surface area contributed by atoms with Crippen LogP contribution in [0.15, 0.2) is 30.3 Å². The van der Waals surface area contributed by atoms with Crippen LogP contribution in [0.5, 0.6) is 0 Å². The van der Waals surface area contributed by atoms with E-state index in [1.807, 2.05) is 25.1 Å². The number of hydrogen-bond acceptors (Lipinski definition) is 2. The van der Waals surface area contributed by atoms with Crippen molar-refractivity contribution in [2.45, 2.75) is 39.0 Å². The standard InChI is InChI=1S/C17H25NO2/c1-17(13-19,11-15-6-3-2-4-7-15)12-18-16(20)10-14-8-5-9-14/h2-4,6-7,14,19H,5,8-13H2,1H3,(H,18,20). The molecule has 1 unspecified atom stereocenters. The molecule has 1 atom stereocenters. The fourth-order valence-corrected chi connectivity index (χ4v) is 2.61. The van der Waals surface area contributed by atoms with Crippen molar-refractivity contribution < 1.29 is 9.90 Å². The molecule has 110 valence electrons. The van der Waals surface area contributed by atoms with Gasteiger partial charge >= 0.3 is 0 Å². The maximum absolute atomic E-state index is 11.9. The topological polar surface area (TPSA) is 49.3 Å². The Bertz CT molecular complexity index is 428. The molecule has 2 rings (SSSR count). The van der Waals surface area contributed by atoms with Crippen molar-refractivity contribution >= 4 is 5.91 Å². The molecular formula is C17H25NO2. The summed E-state index contributed by atoms with van der Waals surface area (Å²) in [6.07, 6.45) is 5.06. The van der Waals surface area contributed by atoms with E-state index < -0.39 is 0 Å². The first kappa shape index (κ1) is 15.0. The van der Waals surface area contributed by atoms with Crippen LogP contribution < -0.4 is 5.32 Å². The van der Waals surface area contributed by atoms with Crippen molar-refractivity contribution in [1.82, 2.24) is 5.32 Å². The molecule has 1 aromatic carbocycles. The Morgan fingerprint density at radius 1 is 1.35 bits per heavy atom. The van der Waals surface area contributed by atoms with Crippen LogP contribution >= 0.6 is 0 Å². The van der Waals surface area contributed by atoms with Gasteiger partial charge in [0, 0.05) is 18.4 Å². The number of carbonyl (C=O) groups is 1. The maximum Gasteiger partial charge on any atom is 0.220 e. The second-order valence-electron chi connectivity index (χ2n) is 6.41. The van der Waals surface area contributed by atoms with E-state index in [1.165, 1.54) is 24.8 Å². The monoisotopic (exact) mass is 275 g/mol. The second kappa shape index (κ2) is 6.89. The highest BCUT2D eigenvalue weighted by Crippen LogP contribution is 2.29. The van der Waals surface area contributed by atoms with Crippen LogP contribution in [-0.2, 0) is 11.2 Å². The summed E-state index contributed by atoms with van der Waals surface area (Å²) in [5.74, 6) is 0.715. The lowest BCUT2D eigenvalue weighted by atomic mass is 9.82. The molecule has 0 bridgehead atoms. The number of aliphatic hydroxyl groups is 1. The molecular weight excluding hydrogens is 250 g/mol. The van der Waals surface area contributed by atoms with Gasteiger partial charge in [0.2, 0.25) is 5.91 Å². The Balaban J connectivity index is 1.81. The summed E-state index contributed by atoms with van der Waals surface area (Å²) in [5, 5.41) is 12.6. The van der Waals surface area contributed by atoms with Gasteiger partial charge in [0.05, 0.1) is 6.61 Å². The molecule has 3 nitrogen and oxygen atoms in total. The van der Waals surface area contributed by atoms with Crippen molar-refractivity contribution in [3.63, 3.8) is 0 Å². The number of amides is 1. The summed E-state index contributed by atoms with van der Waals surface area (Å²) < 4.78 is 0. The van der Waals surface area contributed by atoms with Crippen LogP contribution in [0, 0.1) is 11.3 Å². The van der Waals surface area contributed by atoms with Crippen molar-refractivity contribution in [1.29, 1.82) is 0 Å². The minimum absolute atomic E-state index is 0.0750. The third-order valence-corrected chi connectivity index (χ3v) is 4.27. The molecule has 0 spiro atoms. The Morgan fingerprint density at radius 3 is 2.60 bits per heavy atom. The van der Waals surface area contributed by atoms with Gasteiger partial charge in [-0.2, -0.15) is 0 Å². The summed E-state index contributed by atoms with van der Waals surface area (Å²) in [6, 6.07) is 10.1.